The van der Waals surface area contributed by atoms with Crippen molar-refractivity contribution >= 4 is 11.6 Å². The molecule has 0 saturated carbocycles. The molecule has 1 aliphatic rings. The van der Waals surface area contributed by atoms with Crippen LogP contribution in [0.3, 0.4) is 0 Å². The van der Waals surface area contributed by atoms with Gasteiger partial charge in [-0.2, -0.15) is 13.2 Å². The number of hydrogen-bond acceptors (Lipinski definition) is 3. The normalized spacial score (nSPS) is 16.8. The number of non-ortho nitro benzene ring substituents is 1. The molecule has 1 heterocycles. The third-order valence-electron chi connectivity index (χ3n) is 3.60. The first kappa shape index (κ1) is 15.3. The molecule has 8 heteroatoms. The molecule has 0 radical (unpaired) electrons. The van der Waals surface area contributed by atoms with Gasteiger partial charge in [-0.1, -0.05) is 12.1 Å². The zero-order chi connectivity index (χ0) is 15.6. The zero-order valence-electron chi connectivity index (χ0n) is 11.0. The minimum Gasteiger partial charge on any atom is -0.335 e. The largest absolute Gasteiger partial charge is 0.471 e. The van der Waals surface area contributed by atoms with Crippen molar-refractivity contribution in [2.24, 2.45) is 0 Å². The van der Waals surface area contributed by atoms with Crippen LogP contribution in [0.25, 0.3) is 0 Å². The lowest BCUT2D eigenvalue weighted by Crippen LogP contribution is -2.45. The van der Waals surface area contributed by atoms with E-state index in [0.717, 1.165) is 10.5 Å². The van der Waals surface area contributed by atoms with E-state index in [2.05, 4.69) is 0 Å². The average Bonchev–Trinajstić information content (AvgIpc) is 2.46. The second-order valence-corrected chi connectivity index (χ2v) is 4.91. The topological polar surface area (TPSA) is 63.5 Å². The Hall–Kier alpha value is -2.12. The lowest BCUT2D eigenvalue weighted by Gasteiger charge is -2.32. The number of benzene rings is 1. The first-order valence-corrected chi connectivity index (χ1v) is 6.39. The third-order valence-corrected chi connectivity index (χ3v) is 3.60. The molecule has 0 N–H and O–H groups in total. The molecule has 114 valence electrons. The van der Waals surface area contributed by atoms with Crippen LogP contribution in [0.4, 0.5) is 18.9 Å². The van der Waals surface area contributed by atoms with Crippen LogP contribution < -0.4 is 0 Å². The molecule has 1 fully saturated rings. The summed E-state index contributed by atoms with van der Waals surface area (Å²) in [6.45, 7) is 0.0833. The summed E-state index contributed by atoms with van der Waals surface area (Å²) in [6.07, 6.45) is -4.00. The van der Waals surface area contributed by atoms with Crippen molar-refractivity contribution < 1.29 is 22.9 Å². The van der Waals surface area contributed by atoms with Gasteiger partial charge in [0.05, 0.1) is 4.92 Å². The molecule has 0 bridgehead atoms. The number of carbonyl (C=O) groups is 1. The van der Waals surface area contributed by atoms with E-state index in [4.69, 9.17) is 0 Å². The Kier molecular flexibility index (Phi) is 4.15. The first-order chi connectivity index (χ1) is 9.79. The maximum Gasteiger partial charge on any atom is 0.471 e. The number of nitrogens with zero attached hydrogens (tertiary/aromatic N) is 2. The van der Waals surface area contributed by atoms with Crippen molar-refractivity contribution in [2.75, 3.05) is 13.1 Å². The Labute approximate surface area is 118 Å². The summed E-state index contributed by atoms with van der Waals surface area (Å²) >= 11 is 0. The third kappa shape index (κ3) is 3.50. The monoisotopic (exact) mass is 302 g/mol. The highest BCUT2D eigenvalue weighted by Gasteiger charge is 2.43. The molecule has 1 saturated heterocycles. The molecule has 0 unspecified atom stereocenters. The van der Waals surface area contributed by atoms with Gasteiger partial charge in [-0.05, 0) is 24.3 Å². The van der Waals surface area contributed by atoms with Gasteiger partial charge in [-0.15, -0.1) is 0 Å². The fourth-order valence-electron chi connectivity index (χ4n) is 2.46. The molecule has 0 aliphatic carbocycles. The quantitative estimate of drug-likeness (QED) is 0.623. The number of hydrogen-bond donors (Lipinski definition) is 0. The average molecular weight is 302 g/mol. The van der Waals surface area contributed by atoms with Gasteiger partial charge < -0.3 is 4.90 Å². The molecule has 21 heavy (non-hydrogen) atoms. The van der Waals surface area contributed by atoms with E-state index < -0.39 is 17.0 Å². The second kappa shape index (κ2) is 5.71. The number of nitro benzene ring substituents is 1. The van der Waals surface area contributed by atoms with Crippen molar-refractivity contribution in [1.29, 1.82) is 0 Å². The lowest BCUT2D eigenvalue weighted by molar-refractivity contribution is -0.384. The second-order valence-electron chi connectivity index (χ2n) is 4.91. The lowest BCUT2D eigenvalue weighted by atomic mass is 9.89. The highest BCUT2D eigenvalue weighted by Crippen LogP contribution is 2.31. The fourth-order valence-corrected chi connectivity index (χ4v) is 2.46. The van der Waals surface area contributed by atoms with Crippen molar-refractivity contribution in [3.63, 3.8) is 0 Å². The SMILES string of the molecule is O=C(N1CCC(c2ccc([N+](=O)[O-])cc2)CC1)C(F)(F)F. The van der Waals surface area contributed by atoms with Crippen LogP contribution in [-0.4, -0.2) is 35.0 Å². The smallest absolute Gasteiger partial charge is 0.335 e. The van der Waals surface area contributed by atoms with Gasteiger partial charge >= 0.3 is 12.1 Å². The summed E-state index contributed by atoms with van der Waals surface area (Å²) in [6, 6.07) is 5.99. The number of piperidine rings is 1. The number of nitro groups is 1. The number of halogens is 3. The maximum absolute atomic E-state index is 12.3. The zero-order valence-corrected chi connectivity index (χ0v) is 11.0. The van der Waals surface area contributed by atoms with Gasteiger partial charge in [0.15, 0.2) is 0 Å². The molecule has 2 rings (SSSR count). The van der Waals surface area contributed by atoms with E-state index in [9.17, 15) is 28.1 Å². The number of carbonyl (C=O) groups excluding carboxylic acids is 1. The van der Waals surface area contributed by atoms with E-state index in [1.54, 1.807) is 12.1 Å². The van der Waals surface area contributed by atoms with Gasteiger partial charge in [0, 0.05) is 25.2 Å². The van der Waals surface area contributed by atoms with Crippen LogP contribution in [0.5, 0.6) is 0 Å². The molecule has 0 spiro atoms. The van der Waals surface area contributed by atoms with Gasteiger partial charge in [-0.3, -0.25) is 14.9 Å². The summed E-state index contributed by atoms with van der Waals surface area (Å²) in [4.78, 5) is 22.0. The standard InChI is InChI=1S/C13H13F3N2O3/c14-13(15,16)12(19)17-7-5-10(6-8-17)9-1-3-11(4-2-9)18(20)21/h1-4,10H,5-8H2. The summed E-state index contributed by atoms with van der Waals surface area (Å²) in [7, 11) is 0. The molecular formula is C13H13F3N2O3. The molecule has 0 atom stereocenters. The van der Waals surface area contributed by atoms with E-state index in [1.165, 1.54) is 12.1 Å². The van der Waals surface area contributed by atoms with Crippen molar-refractivity contribution in [3.05, 3.63) is 39.9 Å². The highest BCUT2D eigenvalue weighted by molar-refractivity contribution is 5.81. The van der Waals surface area contributed by atoms with Gasteiger partial charge in [0.25, 0.3) is 5.69 Å². The highest BCUT2D eigenvalue weighted by atomic mass is 19.4. The van der Waals surface area contributed by atoms with E-state index in [-0.39, 0.29) is 24.7 Å². The Morgan fingerprint density at radius 1 is 1.19 bits per heavy atom. The Morgan fingerprint density at radius 3 is 2.14 bits per heavy atom. The van der Waals surface area contributed by atoms with E-state index in [0.29, 0.717) is 12.8 Å². The van der Waals surface area contributed by atoms with Gasteiger partial charge in [-0.25, -0.2) is 0 Å². The summed E-state index contributed by atoms with van der Waals surface area (Å²) in [5.41, 5.74) is 0.822. The van der Waals surface area contributed by atoms with E-state index in [1.807, 2.05) is 0 Å². The summed E-state index contributed by atoms with van der Waals surface area (Å²) in [5, 5.41) is 10.6. The van der Waals surface area contributed by atoms with Gasteiger partial charge in [0.1, 0.15) is 0 Å². The molecule has 1 amide bonds. The minimum absolute atomic E-state index is 0.0167. The van der Waals surface area contributed by atoms with Crippen molar-refractivity contribution in [2.45, 2.75) is 24.9 Å². The van der Waals surface area contributed by atoms with Gasteiger partial charge in [0.2, 0.25) is 0 Å². The van der Waals surface area contributed by atoms with Crippen LogP contribution in [0.1, 0.15) is 24.3 Å². The summed E-state index contributed by atoms with van der Waals surface area (Å²) in [5.74, 6) is -1.78. The number of alkyl halides is 3. The molecule has 1 aromatic rings. The van der Waals surface area contributed by atoms with Crippen molar-refractivity contribution in [3.8, 4) is 0 Å². The van der Waals surface area contributed by atoms with Crippen LogP contribution in [0, 0.1) is 10.1 Å². The molecule has 1 aliphatic heterocycles. The molecule has 1 aromatic carbocycles. The van der Waals surface area contributed by atoms with E-state index >= 15 is 0 Å². The van der Waals surface area contributed by atoms with Crippen LogP contribution in [-0.2, 0) is 4.79 Å². The Balaban J connectivity index is 1.98. The van der Waals surface area contributed by atoms with Crippen molar-refractivity contribution in [1.82, 2.24) is 4.90 Å². The number of rotatable bonds is 2. The Morgan fingerprint density at radius 2 is 1.71 bits per heavy atom. The molecule has 5 nitrogen and oxygen atoms in total. The van der Waals surface area contributed by atoms with Crippen LogP contribution in [0.2, 0.25) is 0 Å². The summed E-state index contributed by atoms with van der Waals surface area (Å²) < 4.78 is 37.0. The van der Waals surface area contributed by atoms with Crippen LogP contribution >= 0.6 is 0 Å². The number of likely N-dealkylation sites (tertiary alicyclic amines) is 1. The Bertz CT molecular complexity index is 535. The maximum atomic E-state index is 12.3. The first-order valence-electron chi connectivity index (χ1n) is 6.39. The molecular weight excluding hydrogens is 289 g/mol. The predicted molar refractivity (Wildman–Crippen MR) is 67.7 cm³/mol. The van der Waals surface area contributed by atoms with Crippen LogP contribution in [0.15, 0.2) is 24.3 Å². The predicted octanol–water partition coefficient (Wildman–Crippen LogP) is 2.86. The minimum atomic E-state index is -4.83. The molecule has 0 aromatic heterocycles. The number of amides is 1. The fraction of sp³-hybridized carbons (Fsp3) is 0.462.